The molecule has 21 heavy (non-hydrogen) atoms. The molecule has 5 heteroatoms. The van der Waals surface area contributed by atoms with Gasteiger partial charge in [0.25, 0.3) is 0 Å². The van der Waals surface area contributed by atoms with Crippen LogP contribution >= 0.6 is 31.9 Å². The van der Waals surface area contributed by atoms with Gasteiger partial charge in [-0.2, -0.15) is 0 Å². The maximum atomic E-state index is 11.9. The summed E-state index contributed by atoms with van der Waals surface area (Å²) in [6, 6.07) is 15.1. The van der Waals surface area contributed by atoms with Crippen molar-refractivity contribution in [1.29, 1.82) is 0 Å². The molecule has 0 spiro atoms. The summed E-state index contributed by atoms with van der Waals surface area (Å²) in [6.07, 6.45) is 1.71. The van der Waals surface area contributed by atoms with Gasteiger partial charge in [0.15, 0.2) is 5.70 Å². The van der Waals surface area contributed by atoms with E-state index in [4.69, 9.17) is 4.74 Å². The number of esters is 1. The average molecular weight is 407 g/mol. The van der Waals surface area contributed by atoms with E-state index in [2.05, 4.69) is 36.9 Å². The van der Waals surface area contributed by atoms with E-state index in [0.717, 1.165) is 20.1 Å². The summed E-state index contributed by atoms with van der Waals surface area (Å²) in [5, 5.41) is 0. The Hall–Kier alpha value is -1.72. The van der Waals surface area contributed by atoms with Crippen LogP contribution in [0.2, 0.25) is 0 Å². The highest BCUT2D eigenvalue weighted by molar-refractivity contribution is 9.10. The molecule has 0 aromatic heterocycles. The summed E-state index contributed by atoms with van der Waals surface area (Å²) in [5.41, 5.74) is 1.93. The summed E-state index contributed by atoms with van der Waals surface area (Å²) < 4.78 is 7.02. The van der Waals surface area contributed by atoms with Crippen LogP contribution in [0, 0.1) is 0 Å². The largest absolute Gasteiger partial charge is 0.402 e. The van der Waals surface area contributed by atoms with Gasteiger partial charge in [-0.1, -0.05) is 40.2 Å². The number of aliphatic imine (C=N–C) groups is 1. The molecule has 1 heterocycles. The van der Waals surface area contributed by atoms with Crippen molar-refractivity contribution in [2.24, 2.45) is 4.99 Å². The van der Waals surface area contributed by atoms with Crippen molar-refractivity contribution in [2.75, 3.05) is 0 Å². The lowest BCUT2D eigenvalue weighted by Gasteiger charge is -2.01. The Morgan fingerprint density at radius 3 is 2.62 bits per heavy atom. The fourth-order valence-electron chi connectivity index (χ4n) is 1.91. The zero-order valence-electron chi connectivity index (χ0n) is 10.7. The highest BCUT2D eigenvalue weighted by atomic mass is 79.9. The lowest BCUT2D eigenvalue weighted by molar-refractivity contribution is -0.129. The third-order valence-corrected chi connectivity index (χ3v) is 4.06. The van der Waals surface area contributed by atoms with Crippen LogP contribution < -0.4 is 0 Å². The Labute approximate surface area is 138 Å². The monoisotopic (exact) mass is 405 g/mol. The standard InChI is InChI=1S/C16H9Br2NO2/c17-11-5-3-4-10(8-11)9-14-16(20)21-15(19-14)12-6-1-2-7-13(12)18/h1-9H/b14-9-. The minimum absolute atomic E-state index is 0.291. The number of hydrogen-bond acceptors (Lipinski definition) is 3. The summed E-state index contributed by atoms with van der Waals surface area (Å²) in [5.74, 6) is -0.130. The molecule has 0 saturated carbocycles. The van der Waals surface area contributed by atoms with Gasteiger partial charge in [0.1, 0.15) is 0 Å². The van der Waals surface area contributed by atoms with E-state index in [-0.39, 0.29) is 0 Å². The first kappa shape index (κ1) is 14.2. The number of hydrogen-bond donors (Lipinski definition) is 0. The Bertz CT molecular complexity index is 781. The third-order valence-electron chi connectivity index (χ3n) is 2.88. The smallest absolute Gasteiger partial charge is 0.363 e. The van der Waals surface area contributed by atoms with Crippen molar-refractivity contribution < 1.29 is 9.53 Å². The van der Waals surface area contributed by atoms with Crippen molar-refractivity contribution in [3.8, 4) is 0 Å². The zero-order chi connectivity index (χ0) is 14.8. The van der Waals surface area contributed by atoms with Crippen molar-refractivity contribution in [3.63, 3.8) is 0 Å². The Morgan fingerprint density at radius 1 is 1.05 bits per heavy atom. The van der Waals surface area contributed by atoms with Gasteiger partial charge in [-0.3, -0.25) is 0 Å². The molecule has 0 saturated heterocycles. The van der Waals surface area contributed by atoms with Crippen molar-refractivity contribution in [2.45, 2.75) is 0 Å². The number of nitrogens with zero attached hydrogens (tertiary/aromatic N) is 1. The van der Waals surface area contributed by atoms with Gasteiger partial charge in [0, 0.05) is 8.95 Å². The van der Waals surface area contributed by atoms with E-state index in [1.165, 1.54) is 0 Å². The normalized spacial score (nSPS) is 16.0. The van der Waals surface area contributed by atoms with E-state index in [9.17, 15) is 4.79 Å². The second kappa shape index (κ2) is 5.95. The van der Waals surface area contributed by atoms with Gasteiger partial charge in [-0.15, -0.1) is 0 Å². The van der Waals surface area contributed by atoms with Crippen LogP contribution in [0.3, 0.4) is 0 Å². The highest BCUT2D eigenvalue weighted by Gasteiger charge is 2.25. The molecule has 0 bridgehead atoms. The average Bonchev–Trinajstić information content (AvgIpc) is 2.80. The van der Waals surface area contributed by atoms with Crippen molar-refractivity contribution in [3.05, 3.63) is 74.3 Å². The molecule has 2 aromatic carbocycles. The molecule has 104 valence electrons. The van der Waals surface area contributed by atoms with Crippen LogP contribution in [-0.4, -0.2) is 11.9 Å². The summed E-state index contributed by atoms with van der Waals surface area (Å²) >= 11 is 6.82. The molecule has 0 N–H and O–H groups in total. The van der Waals surface area contributed by atoms with Crippen LogP contribution in [0.4, 0.5) is 0 Å². The van der Waals surface area contributed by atoms with Crippen LogP contribution in [0.5, 0.6) is 0 Å². The number of rotatable bonds is 2. The molecule has 3 rings (SSSR count). The van der Waals surface area contributed by atoms with Crippen molar-refractivity contribution in [1.82, 2.24) is 0 Å². The van der Waals surface area contributed by atoms with E-state index in [0.29, 0.717) is 11.6 Å². The molecule has 0 amide bonds. The number of cyclic esters (lactones) is 1. The first-order valence-electron chi connectivity index (χ1n) is 6.16. The Morgan fingerprint density at radius 2 is 1.86 bits per heavy atom. The number of benzene rings is 2. The number of carbonyl (C=O) groups is 1. The second-order valence-corrected chi connectivity index (χ2v) is 6.14. The molecular formula is C16H9Br2NO2. The molecule has 0 atom stereocenters. The van der Waals surface area contributed by atoms with Crippen LogP contribution in [-0.2, 0) is 9.53 Å². The first-order valence-corrected chi connectivity index (χ1v) is 7.75. The third kappa shape index (κ3) is 3.14. The molecule has 0 fully saturated rings. The molecule has 3 nitrogen and oxygen atoms in total. The van der Waals surface area contributed by atoms with E-state index < -0.39 is 5.97 Å². The topological polar surface area (TPSA) is 38.7 Å². The van der Waals surface area contributed by atoms with E-state index in [1.807, 2.05) is 48.5 Å². The molecular weight excluding hydrogens is 398 g/mol. The molecule has 1 aliphatic heterocycles. The van der Waals surface area contributed by atoms with Crippen LogP contribution in [0.25, 0.3) is 6.08 Å². The SMILES string of the molecule is O=C1OC(c2ccccc2Br)=N/C1=C\c1cccc(Br)c1. The Kier molecular flexibility index (Phi) is 4.03. The molecule has 1 aliphatic rings. The molecule has 0 aliphatic carbocycles. The van der Waals surface area contributed by atoms with Gasteiger partial charge in [0.2, 0.25) is 5.90 Å². The van der Waals surface area contributed by atoms with Gasteiger partial charge in [-0.25, -0.2) is 9.79 Å². The van der Waals surface area contributed by atoms with Gasteiger partial charge < -0.3 is 4.74 Å². The number of halogens is 2. The maximum Gasteiger partial charge on any atom is 0.363 e. The predicted octanol–water partition coefficient (Wildman–Crippen LogP) is 4.56. The summed E-state index contributed by atoms with van der Waals surface area (Å²) in [6.45, 7) is 0. The predicted molar refractivity (Wildman–Crippen MR) is 88.9 cm³/mol. The molecule has 2 aromatic rings. The Balaban J connectivity index is 1.98. The van der Waals surface area contributed by atoms with Gasteiger partial charge in [-0.05, 0) is 51.8 Å². The quantitative estimate of drug-likeness (QED) is 0.541. The summed E-state index contributed by atoms with van der Waals surface area (Å²) in [7, 11) is 0. The zero-order valence-corrected chi connectivity index (χ0v) is 13.9. The fourth-order valence-corrected chi connectivity index (χ4v) is 2.78. The highest BCUT2D eigenvalue weighted by Crippen LogP contribution is 2.24. The number of carbonyl (C=O) groups excluding carboxylic acids is 1. The van der Waals surface area contributed by atoms with Gasteiger partial charge in [0.05, 0.1) is 5.56 Å². The minimum atomic E-state index is -0.444. The van der Waals surface area contributed by atoms with Crippen LogP contribution in [0.1, 0.15) is 11.1 Å². The lowest BCUT2D eigenvalue weighted by atomic mass is 10.2. The van der Waals surface area contributed by atoms with Crippen molar-refractivity contribution >= 4 is 49.8 Å². The summed E-state index contributed by atoms with van der Waals surface area (Å²) in [4.78, 5) is 16.2. The minimum Gasteiger partial charge on any atom is -0.402 e. The van der Waals surface area contributed by atoms with Gasteiger partial charge >= 0.3 is 5.97 Å². The molecule has 0 radical (unpaired) electrons. The maximum absolute atomic E-state index is 11.9. The fraction of sp³-hybridized carbons (Fsp3) is 0. The van der Waals surface area contributed by atoms with E-state index in [1.54, 1.807) is 6.08 Å². The molecule has 0 unspecified atom stereocenters. The first-order chi connectivity index (χ1) is 10.1. The second-order valence-electron chi connectivity index (χ2n) is 4.37. The van der Waals surface area contributed by atoms with Crippen LogP contribution in [0.15, 0.2) is 68.2 Å². The number of ether oxygens (including phenoxy) is 1. The lowest BCUT2D eigenvalue weighted by Crippen LogP contribution is -2.05. The van der Waals surface area contributed by atoms with E-state index >= 15 is 0 Å².